The van der Waals surface area contributed by atoms with Crippen molar-refractivity contribution in [2.24, 2.45) is 5.73 Å². The molecule has 0 aliphatic heterocycles. The summed E-state index contributed by atoms with van der Waals surface area (Å²) >= 11 is 0. The van der Waals surface area contributed by atoms with E-state index in [-0.39, 0.29) is 6.61 Å². The lowest BCUT2D eigenvalue weighted by Crippen LogP contribution is -2.02. The van der Waals surface area contributed by atoms with Gasteiger partial charge in [-0.2, -0.15) is 5.10 Å². The third kappa shape index (κ3) is 3.03. The summed E-state index contributed by atoms with van der Waals surface area (Å²) in [7, 11) is 0. The molecule has 0 saturated heterocycles. The number of nitrogens with two attached hydrogens (primary N) is 1. The minimum Gasteiger partial charge on any atom is -0.437 e. The summed E-state index contributed by atoms with van der Waals surface area (Å²) in [5.74, 6) is 1.10. The fourth-order valence-corrected chi connectivity index (χ4v) is 1.55. The molecular weight excluding hydrogens is 230 g/mol. The SMILES string of the molecule is NCc1ccnnc1Oc1ccc(CCO)cc1. The summed E-state index contributed by atoms with van der Waals surface area (Å²) in [5, 5.41) is 16.5. The number of hydrogen-bond donors (Lipinski definition) is 2. The van der Waals surface area contributed by atoms with Crippen LogP contribution in [-0.2, 0) is 13.0 Å². The van der Waals surface area contributed by atoms with Gasteiger partial charge in [0.1, 0.15) is 5.75 Å². The van der Waals surface area contributed by atoms with Crippen molar-refractivity contribution in [2.45, 2.75) is 13.0 Å². The Morgan fingerprint density at radius 1 is 1.17 bits per heavy atom. The molecule has 0 atom stereocenters. The molecule has 1 heterocycles. The maximum Gasteiger partial charge on any atom is 0.243 e. The minimum atomic E-state index is 0.141. The molecule has 0 radical (unpaired) electrons. The Morgan fingerprint density at radius 2 is 1.94 bits per heavy atom. The first-order valence-electron chi connectivity index (χ1n) is 5.72. The van der Waals surface area contributed by atoms with Crippen molar-refractivity contribution >= 4 is 0 Å². The Morgan fingerprint density at radius 3 is 2.61 bits per heavy atom. The third-order valence-electron chi connectivity index (χ3n) is 2.52. The first-order chi connectivity index (χ1) is 8.83. The van der Waals surface area contributed by atoms with E-state index in [0.29, 0.717) is 24.6 Å². The van der Waals surface area contributed by atoms with Crippen LogP contribution in [0.4, 0.5) is 0 Å². The number of aliphatic hydroxyl groups is 1. The summed E-state index contributed by atoms with van der Waals surface area (Å²) in [6.07, 6.45) is 2.22. The lowest BCUT2D eigenvalue weighted by molar-refractivity contribution is 0.299. The number of aromatic nitrogens is 2. The fourth-order valence-electron chi connectivity index (χ4n) is 1.55. The molecule has 94 valence electrons. The molecule has 5 nitrogen and oxygen atoms in total. The summed E-state index contributed by atoms with van der Waals surface area (Å²) in [6, 6.07) is 9.26. The van der Waals surface area contributed by atoms with Gasteiger partial charge >= 0.3 is 0 Å². The molecule has 1 aromatic heterocycles. The maximum atomic E-state index is 8.83. The molecule has 3 N–H and O–H groups in total. The van der Waals surface area contributed by atoms with Crippen molar-refractivity contribution < 1.29 is 9.84 Å². The van der Waals surface area contributed by atoms with Crippen LogP contribution < -0.4 is 10.5 Å². The molecule has 0 unspecified atom stereocenters. The first-order valence-corrected chi connectivity index (χ1v) is 5.72. The Balaban J connectivity index is 2.13. The molecule has 18 heavy (non-hydrogen) atoms. The normalized spacial score (nSPS) is 10.3. The van der Waals surface area contributed by atoms with E-state index in [1.54, 1.807) is 12.3 Å². The van der Waals surface area contributed by atoms with Crippen LogP contribution in [0, 0.1) is 0 Å². The van der Waals surface area contributed by atoms with E-state index >= 15 is 0 Å². The van der Waals surface area contributed by atoms with E-state index < -0.39 is 0 Å². The zero-order valence-electron chi connectivity index (χ0n) is 9.91. The second-order valence-corrected chi connectivity index (χ2v) is 3.79. The van der Waals surface area contributed by atoms with Crippen LogP contribution in [-0.4, -0.2) is 21.9 Å². The minimum absolute atomic E-state index is 0.141. The largest absolute Gasteiger partial charge is 0.437 e. The number of hydrogen-bond acceptors (Lipinski definition) is 5. The van der Waals surface area contributed by atoms with Gasteiger partial charge in [0.05, 0.1) is 6.20 Å². The van der Waals surface area contributed by atoms with Gasteiger partial charge in [-0.05, 0) is 30.2 Å². The molecular formula is C13H15N3O2. The van der Waals surface area contributed by atoms with Crippen molar-refractivity contribution in [3.05, 3.63) is 47.7 Å². The van der Waals surface area contributed by atoms with Gasteiger partial charge in [0.25, 0.3) is 0 Å². The number of nitrogens with zero attached hydrogens (tertiary/aromatic N) is 2. The van der Waals surface area contributed by atoms with Crippen molar-refractivity contribution in [1.29, 1.82) is 0 Å². The highest BCUT2D eigenvalue weighted by molar-refractivity contribution is 5.33. The van der Waals surface area contributed by atoms with Gasteiger partial charge in [-0.1, -0.05) is 12.1 Å². The molecule has 0 fully saturated rings. The topological polar surface area (TPSA) is 81.3 Å². The summed E-state index contributed by atoms with van der Waals surface area (Å²) in [4.78, 5) is 0. The van der Waals surface area contributed by atoms with Crippen LogP contribution >= 0.6 is 0 Å². The second-order valence-electron chi connectivity index (χ2n) is 3.79. The zero-order chi connectivity index (χ0) is 12.8. The number of aliphatic hydroxyl groups excluding tert-OH is 1. The molecule has 0 amide bonds. The number of ether oxygens (including phenoxy) is 1. The smallest absolute Gasteiger partial charge is 0.243 e. The van der Waals surface area contributed by atoms with Gasteiger partial charge in [-0.3, -0.25) is 0 Å². The number of rotatable bonds is 5. The lowest BCUT2D eigenvalue weighted by atomic mass is 10.1. The molecule has 0 saturated carbocycles. The van der Waals surface area contributed by atoms with Crippen LogP contribution in [0.2, 0.25) is 0 Å². The van der Waals surface area contributed by atoms with Crippen molar-refractivity contribution in [3.63, 3.8) is 0 Å². The molecule has 0 bridgehead atoms. The Hall–Kier alpha value is -1.98. The molecule has 0 spiro atoms. The average molecular weight is 245 g/mol. The van der Waals surface area contributed by atoms with E-state index in [2.05, 4.69) is 10.2 Å². The van der Waals surface area contributed by atoms with Gasteiger partial charge in [0, 0.05) is 18.7 Å². The summed E-state index contributed by atoms with van der Waals surface area (Å²) in [5.41, 5.74) is 7.46. The highest BCUT2D eigenvalue weighted by Crippen LogP contribution is 2.22. The Labute approximate surface area is 105 Å². The van der Waals surface area contributed by atoms with Crippen LogP contribution in [0.3, 0.4) is 0 Å². The molecule has 2 rings (SSSR count). The van der Waals surface area contributed by atoms with Gasteiger partial charge in [-0.15, -0.1) is 5.10 Å². The average Bonchev–Trinajstić information content (AvgIpc) is 2.42. The van der Waals surface area contributed by atoms with E-state index in [1.165, 1.54) is 0 Å². The van der Waals surface area contributed by atoms with Crippen LogP contribution in [0.1, 0.15) is 11.1 Å². The molecule has 0 aliphatic carbocycles. The Bertz CT molecular complexity index is 500. The van der Waals surface area contributed by atoms with E-state index in [9.17, 15) is 0 Å². The highest BCUT2D eigenvalue weighted by Gasteiger charge is 2.05. The third-order valence-corrected chi connectivity index (χ3v) is 2.52. The van der Waals surface area contributed by atoms with Crippen molar-refractivity contribution in [2.75, 3.05) is 6.61 Å². The predicted molar refractivity (Wildman–Crippen MR) is 67.2 cm³/mol. The molecule has 5 heteroatoms. The predicted octanol–water partition coefficient (Wildman–Crippen LogP) is 1.26. The van der Waals surface area contributed by atoms with Gasteiger partial charge in [-0.25, -0.2) is 0 Å². The zero-order valence-corrected chi connectivity index (χ0v) is 9.91. The van der Waals surface area contributed by atoms with Gasteiger partial charge in [0.15, 0.2) is 0 Å². The summed E-state index contributed by atoms with van der Waals surface area (Å²) in [6.45, 7) is 0.495. The van der Waals surface area contributed by atoms with Gasteiger partial charge < -0.3 is 15.6 Å². The Kier molecular flexibility index (Phi) is 4.22. The number of benzene rings is 1. The molecule has 2 aromatic rings. The fraction of sp³-hybridized carbons (Fsp3) is 0.231. The van der Waals surface area contributed by atoms with Gasteiger partial charge in [0.2, 0.25) is 5.88 Å². The van der Waals surface area contributed by atoms with Crippen molar-refractivity contribution in [3.8, 4) is 11.6 Å². The van der Waals surface area contributed by atoms with E-state index in [1.807, 2.05) is 24.3 Å². The van der Waals surface area contributed by atoms with Crippen LogP contribution in [0.15, 0.2) is 36.5 Å². The van der Waals surface area contributed by atoms with Crippen LogP contribution in [0.25, 0.3) is 0 Å². The lowest BCUT2D eigenvalue weighted by Gasteiger charge is -2.08. The van der Waals surface area contributed by atoms with Crippen molar-refractivity contribution in [1.82, 2.24) is 10.2 Å². The quantitative estimate of drug-likeness (QED) is 0.828. The molecule has 0 aliphatic rings. The second kappa shape index (κ2) is 6.09. The maximum absolute atomic E-state index is 8.83. The summed E-state index contributed by atoms with van der Waals surface area (Å²) < 4.78 is 5.62. The molecule has 1 aromatic carbocycles. The van der Waals surface area contributed by atoms with E-state index in [4.69, 9.17) is 15.6 Å². The first kappa shape index (κ1) is 12.5. The standard InChI is InChI=1S/C13H15N3O2/c14-9-11-5-7-15-16-13(11)18-12-3-1-10(2-4-12)6-8-17/h1-5,7,17H,6,8-9,14H2. The van der Waals surface area contributed by atoms with Crippen LogP contribution in [0.5, 0.6) is 11.6 Å². The highest BCUT2D eigenvalue weighted by atomic mass is 16.5. The monoisotopic (exact) mass is 245 g/mol. The van der Waals surface area contributed by atoms with E-state index in [0.717, 1.165) is 11.1 Å².